The smallest absolute Gasteiger partial charge is 0.0911 e. The van der Waals surface area contributed by atoms with E-state index in [9.17, 15) is 0 Å². The van der Waals surface area contributed by atoms with Gasteiger partial charge in [0.25, 0.3) is 0 Å². The number of hydrogen-bond donors (Lipinski definition) is 0. The maximum absolute atomic E-state index is 5.37. The molecule has 6 aliphatic rings. The summed E-state index contributed by atoms with van der Waals surface area (Å²) in [7, 11) is 0. The fourth-order valence-electron chi connectivity index (χ4n) is 3.90. The van der Waals surface area contributed by atoms with Crippen molar-refractivity contribution in [1.29, 1.82) is 0 Å². The van der Waals surface area contributed by atoms with E-state index >= 15 is 0 Å². The average Bonchev–Trinajstić information content (AvgIpc) is 3.60. The van der Waals surface area contributed by atoms with E-state index in [1.165, 1.54) is 0 Å². The van der Waals surface area contributed by atoms with Crippen molar-refractivity contribution in [1.82, 2.24) is 0 Å². The van der Waals surface area contributed by atoms with E-state index in [0.717, 1.165) is 50.1 Å². The topological polar surface area (TPSA) is 75.2 Å². The molecule has 6 heterocycles. The molecule has 6 aliphatic heterocycles. The molecule has 6 saturated heterocycles. The quantitative estimate of drug-likeness (QED) is 0.302. The molecule has 0 aliphatic carbocycles. The molecule has 6 rings (SSSR count). The first-order valence-corrected chi connectivity index (χ1v) is 16.1. The Hall–Kier alpha value is -0.240. The first-order chi connectivity index (χ1) is 18.3. The second-order valence-electron chi connectivity index (χ2n) is 15.0. The molecule has 0 aromatic carbocycles. The summed E-state index contributed by atoms with van der Waals surface area (Å²) >= 11 is 0. The zero-order chi connectivity index (χ0) is 31.0. The molecule has 7 atom stereocenters. The van der Waals surface area contributed by atoms with Crippen molar-refractivity contribution >= 4 is 0 Å². The van der Waals surface area contributed by atoms with Gasteiger partial charge < -0.3 is 28.4 Å². The third kappa shape index (κ3) is 17.0. The maximum atomic E-state index is 5.37. The Balaban J connectivity index is 0.000000241. The average molecular weight is 573 g/mol. The summed E-state index contributed by atoms with van der Waals surface area (Å²) in [6.45, 7) is 38.7. The van der Waals surface area contributed by atoms with E-state index in [2.05, 4.69) is 111 Å². The fraction of sp³-hybridized carbons (Fsp3) is 1.00. The van der Waals surface area contributed by atoms with E-state index in [1.54, 1.807) is 0 Å². The lowest BCUT2D eigenvalue weighted by Gasteiger charge is -2.06. The van der Waals surface area contributed by atoms with E-state index in [4.69, 9.17) is 28.4 Å². The minimum Gasteiger partial charge on any atom is -0.373 e. The summed E-state index contributed by atoms with van der Waals surface area (Å²) in [5.74, 6) is 4.31. The third-order valence-corrected chi connectivity index (χ3v) is 8.21. The van der Waals surface area contributed by atoms with Gasteiger partial charge in [0, 0.05) is 0 Å². The summed E-state index contributed by atoms with van der Waals surface area (Å²) in [6.07, 6.45) is 3.43. The molecule has 0 aromatic rings. The minimum absolute atomic E-state index is 0.189. The third-order valence-electron chi connectivity index (χ3n) is 8.21. The fourth-order valence-corrected chi connectivity index (χ4v) is 3.90. The van der Waals surface area contributed by atoms with Crippen LogP contribution >= 0.6 is 0 Å². The molecule has 0 bridgehead atoms. The van der Waals surface area contributed by atoms with Crippen LogP contribution in [0.2, 0.25) is 0 Å². The van der Waals surface area contributed by atoms with Gasteiger partial charge in [0.2, 0.25) is 0 Å². The van der Waals surface area contributed by atoms with Crippen LogP contribution in [0.15, 0.2) is 0 Å². The van der Waals surface area contributed by atoms with Crippen LogP contribution < -0.4 is 0 Å². The van der Waals surface area contributed by atoms with E-state index in [-0.39, 0.29) is 11.2 Å². The van der Waals surface area contributed by atoms with Crippen molar-refractivity contribution in [2.75, 3.05) is 26.4 Å². The normalized spacial score (nSPS) is 34.6. The molecule has 0 amide bonds. The molecule has 0 aromatic heterocycles. The molecule has 240 valence electrons. The maximum Gasteiger partial charge on any atom is 0.0911 e. The highest BCUT2D eigenvalue weighted by atomic mass is 16.6. The van der Waals surface area contributed by atoms with E-state index < -0.39 is 0 Å². The van der Waals surface area contributed by atoms with Crippen molar-refractivity contribution < 1.29 is 28.4 Å². The molecule has 0 spiro atoms. The largest absolute Gasteiger partial charge is 0.373 e. The van der Waals surface area contributed by atoms with Crippen molar-refractivity contribution in [3.63, 3.8) is 0 Å². The Morgan fingerprint density at radius 1 is 0.575 bits per heavy atom. The summed E-state index contributed by atoms with van der Waals surface area (Å²) in [5, 5.41) is 0. The van der Waals surface area contributed by atoms with Crippen LogP contribution in [-0.2, 0) is 28.4 Å². The monoisotopic (exact) mass is 573 g/mol. The van der Waals surface area contributed by atoms with Crippen molar-refractivity contribution in [3.8, 4) is 0 Å². The van der Waals surface area contributed by atoms with Crippen LogP contribution in [0, 0.1) is 35.5 Å². The predicted molar refractivity (Wildman–Crippen MR) is 166 cm³/mol. The number of ether oxygens (including phenoxy) is 6. The number of hydrogen-bond acceptors (Lipinski definition) is 6. The Morgan fingerprint density at radius 2 is 0.875 bits per heavy atom. The SMILES string of the molecule is CC(C)C1(C)CO1.CC(C)C1CO1.CC(C)C1OC1(C)C.CC(C)C1OC1C.CC(C)[C@@H]1CO1.CC(C)[C@H]1CO1. The lowest BCUT2D eigenvalue weighted by atomic mass is 10.00. The number of epoxide rings is 6. The molecule has 0 radical (unpaired) electrons. The summed E-state index contributed by atoms with van der Waals surface area (Å²) in [6, 6.07) is 0. The van der Waals surface area contributed by atoms with Gasteiger partial charge in [-0.1, -0.05) is 83.1 Å². The van der Waals surface area contributed by atoms with Crippen LogP contribution in [-0.4, -0.2) is 74.3 Å². The van der Waals surface area contributed by atoms with Gasteiger partial charge in [0.15, 0.2) is 0 Å². The highest BCUT2D eigenvalue weighted by Crippen LogP contribution is 2.40. The van der Waals surface area contributed by atoms with Crippen molar-refractivity contribution in [3.05, 3.63) is 0 Å². The minimum atomic E-state index is 0.189. The number of rotatable bonds is 6. The van der Waals surface area contributed by atoms with Crippen molar-refractivity contribution in [2.45, 2.75) is 159 Å². The molecule has 6 heteroatoms. The van der Waals surface area contributed by atoms with Gasteiger partial charge in [-0.3, -0.25) is 0 Å². The molecule has 6 fully saturated rings. The van der Waals surface area contributed by atoms with Crippen molar-refractivity contribution in [2.24, 2.45) is 35.5 Å². The Morgan fingerprint density at radius 3 is 0.875 bits per heavy atom. The van der Waals surface area contributed by atoms with Crippen LogP contribution in [0.25, 0.3) is 0 Å². The van der Waals surface area contributed by atoms with Crippen LogP contribution in [0.5, 0.6) is 0 Å². The standard InChI is InChI=1S/C7H14O.2C6H12O.3C5H10O/c1-5(2)6-7(3,4)8-6;1-5(2)6(3)4-7-6;1-4(2)6-5(3)7-6;3*1-4(2)5-3-6-5/h5-6H,1-4H3;5H,4H2,1-3H3;4-6H,1-3H3;3*4-5H,3H2,1-2H3/t;;;2*5-;/m...10./s1. The second-order valence-corrected chi connectivity index (χ2v) is 15.0. The first kappa shape index (κ1) is 37.8. The van der Waals surface area contributed by atoms with Gasteiger partial charge in [0.1, 0.15) is 0 Å². The Bertz CT molecular complexity index is 632. The highest BCUT2D eigenvalue weighted by Gasteiger charge is 2.49. The summed E-state index contributed by atoms with van der Waals surface area (Å²) < 4.78 is 30.6. The van der Waals surface area contributed by atoms with Crippen LogP contribution in [0.4, 0.5) is 0 Å². The lowest BCUT2D eigenvalue weighted by molar-refractivity contribution is 0.260. The van der Waals surface area contributed by atoms with E-state index in [1.807, 2.05) is 0 Å². The summed E-state index contributed by atoms with van der Waals surface area (Å²) in [5.41, 5.74) is 0.439. The second kappa shape index (κ2) is 16.6. The molecule has 6 nitrogen and oxygen atoms in total. The molecule has 0 N–H and O–H groups in total. The van der Waals surface area contributed by atoms with Gasteiger partial charge in [-0.05, 0) is 63.2 Å². The lowest BCUT2D eigenvalue weighted by Crippen LogP contribution is -2.12. The van der Waals surface area contributed by atoms with Gasteiger partial charge in [-0.15, -0.1) is 0 Å². The zero-order valence-corrected chi connectivity index (χ0v) is 29.2. The van der Waals surface area contributed by atoms with Gasteiger partial charge in [-0.2, -0.15) is 0 Å². The van der Waals surface area contributed by atoms with Gasteiger partial charge in [0.05, 0.1) is 74.3 Å². The molecular weight excluding hydrogens is 504 g/mol. The van der Waals surface area contributed by atoms with Gasteiger partial charge >= 0.3 is 0 Å². The van der Waals surface area contributed by atoms with Crippen LogP contribution in [0.1, 0.15) is 111 Å². The zero-order valence-electron chi connectivity index (χ0n) is 29.2. The summed E-state index contributed by atoms with van der Waals surface area (Å²) in [4.78, 5) is 0. The molecule has 0 saturated carbocycles. The van der Waals surface area contributed by atoms with E-state index in [0.29, 0.717) is 48.5 Å². The first-order valence-electron chi connectivity index (χ1n) is 16.1. The molecule has 5 unspecified atom stereocenters. The van der Waals surface area contributed by atoms with Crippen LogP contribution in [0.3, 0.4) is 0 Å². The highest BCUT2D eigenvalue weighted by molar-refractivity contribution is 4.96. The van der Waals surface area contributed by atoms with Gasteiger partial charge in [-0.25, -0.2) is 0 Å². The molecular formula is C34H68O6. The predicted octanol–water partition coefficient (Wildman–Crippen LogP) is 7.80. The Labute approximate surface area is 248 Å². The Kier molecular flexibility index (Phi) is 15.6. The molecule has 40 heavy (non-hydrogen) atoms.